The van der Waals surface area contributed by atoms with Gasteiger partial charge in [-0.25, -0.2) is 0 Å². The first-order valence-electron chi connectivity index (χ1n) is 8.75. The van der Waals surface area contributed by atoms with Gasteiger partial charge >= 0.3 is 0 Å². The molecule has 0 saturated carbocycles. The van der Waals surface area contributed by atoms with Gasteiger partial charge in [0.1, 0.15) is 5.69 Å². The summed E-state index contributed by atoms with van der Waals surface area (Å²) in [7, 11) is 0. The zero-order valence-corrected chi connectivity index (χ0v) is 16.6. The molecule has 0 bridgehead atoms. The van der Waals surface area contributed by atoms with Crippen LogP contribution in [0.5, 0.6) is 0 Å². The molecule has 142 valence electrons. The van der Waals surface area contributed by atoms with E-state index in [2.05, 4.69) is 15.6 Å². The van der Waals surface area contributed by atoms with Gasteiger partial charge in [0.05, 0.1) is 0 Å². The second-order valence-electron chi connectivity index (χ2n) is 6.60. The maximum absolute atomic E-state index is 12.5. The lowest BCUT2D eigenvalue weighted by Crippen LogP contribution is -2.17. The Morgan fingerprint density at radius 2 is 1.43 bits per heavy atom. The van der Waals surface area contributed by atoms with Crippen LogP contribution in [-0.4, -0.2) is 16.8 Å². The van der Waals surface area contributed by atoms with Crippen LogP contribution in [0.25, 0.3) is 0 Å². The summed E-state index contributed by atoms with van der Waals surface area (Å²) in [6.07, 6.45) is 1.44. The molecule has 0 radical (unpaired) electrons. The number of nitrogens with zero attached hydrogens (tertiary/aromatic N) is 1. The van der Waals surface area contributed by atoms with Crippen molar-refractivity contribution in [3.8, 4) is 0 Å². The fourth-order valence-corrected chi connectivity index (χ4v) is 2.76. The Balaban J connectivity index is 1.75. The molecule has 2 amide bonds. The summed E-state index contributed by atoms with van der Waals surface area (Å²) in [6.45, 7) is 5.87. The number of benzene rings is 2. The van der Waals surface area contributed by atoms with Crippen molar-refractivity contribution >= 4 is 34.8 Å². The van der Waals surface area contributed by atoms with Crippen molar-refractivity contribution < 1.29 is 9.59 Å². The minimum atomic E-state index is -0.378. The third kappa shape index (κ3) is 4.56. The normalized spacial score (nSPS) is 10.4. The van der Waals surface area contributed by atoms with E-state index in [9.17, 15) is 9.59 Å². The Labute approximate surface area is 168 Å². The third-order valence-corrected chi connectivity index (χ3v) is 4.86. The van der Waals surface area contributed by atoms with Crippen molar-refractivity contribution in [2.75, 3.05) is 10.6 Å². The number of nitrogens with one attached hydrogen (secondary N) is 2. The Morgan fingerprint density at radius 3 is 2.11 bits per heavy atom. The number of hydrogen-bond donors (Lipinski definition) is 2. The number of pyridine rings is 1. The molecular weight excluding hydrogens is 374 g/mol. The molecule has 0 atom stereocenters. The predicted octanol–water partition coefficient (Wildman–Crippen LogP) is 5.16. The van der Waals surface area contributed by atoms with Crippen LogP contribution < -0.4 is 10.6 Å². The summed E-state index contributed by atoms with van der Waals surface area (Å²) in [5.74, 6) is -0.723. The molecule has 3 aromatic rings. The molecule has 0 saturated heterocycles. The summed E-state index contributed by atoms with van der Waals surface area (Å²) in [4.78, 5) is 29.1. The molecule has 0 spiro atoms. The lowest BCUT2D eigenvalue weighted by molar-refractivity contribution is 0.102. The highest BCUT2D eigenvalue weighted by Gasteiger charge is 2.13. The highest BCUT2D eigenvalue weighted by Crippen LogP contribution is 2.21. The molecule has 0 aliphatic rings. The van der Waals surface area contributed by atoms with Crippen molar-refractivity contribution in [2.24, 2.45) is 0 Å². The quantitative estimate of drug-likeness (QED) is 0.642. The fraction of sp³-hybridized carbons (Fsp3) is 0.136. The van der Waals surface area contributed by atoms with Crippen LogP contribution in [0.4, 0.5) is 11.4 Å². The number of hydrogen-bond acceptors (Lipinski definition) is 3. The Bertz CT molecular complexity index is 983. The topological polar surface area (TPSA) is 71.1 Å². The van der Waals surface area contributed by atoms with Crippen LogP contribution in [0.1, 0.15) is 37.5 Å². The number of anilines is 2. The van der Waals surface area contributed by atoms with Crippen molar-refractivity contribution in [3.63, 3.8) is 0 Å². The minimum Gasteiger partial charge on any atom is -0.322 e. The monoisotopic (exact) mass is 393 g/mol. The molecule has 0 unspecified atom stereocenters. The van der Waals surface area contributed by atoms with Gasteiger partial charge in [-0.3, -0.25) is 14.6 Å². The van der Waals surface area contributed by atoms with E-state index in [0.717, 1.165) is 16.7 Å². The molecular formula is C22H20ClN3O2. The van der Waals surface area contributed by atoms with E-state index < -0.39 is 0 Å². The number of aryl methyl sites for hydroxylation is 3. The summed E-state index contributed by atoms with van der Waals surface area (Å²) >= 11 is 6.09. The third-order valence-electron chi connectivity index (χ3n) is 4.45. The lowest BCUT2D eigenvalue weighted by atomic mass is 10.1. The first-order valence-corrected chi connectivity index (χ1v) is 9.13. The second-order valence-corrected chi connectivity index (χ2v) is 7.01. The van der Waals surface area contributed by atoms with Crippen molar-refractivity contribution in [1.82, 2.24) is 4.98 Å². The number of halogens is 1. The maximum atomic E-state index is 12.5. The molecule has 0 aliphatic carbocycles. The van der Waals surface area contributed by atoms with Gasteiger partial charge in [-0.05, 0) is 73.9 Å². The van der Waals surface area contributed by atoms with Crippen LogP contribution in [0.15, 0.2) is 54.7 Å². The fourth-order valence-electron chi connectivity index (χ4n) is 2.58. The molecule has 5 nitrogen and oxygen atoms in total. The molecule has 2 N–H and O–H groups in total. The Morgan fingerprint density at radius 1 is 0.786 bits per heavy atom. The Kier molecular flexibility index (Phi) is 5.76. The molecule has 0 fully saturated rings. The van der Waals surface area contributed by atoms with Gasteiger partial charge in [-0.1, -0.05) is 23.7 Å². The van der Waals surface area contributed by atoms with E-state index in [4.69, 9.17) is 11.6 Å². The molecule has 1 aromatic heterocycles. The average molecular weight is 394 g/mol. The molecule has 2 aromatic carbocycles. The SMILES string of the molecule is Cc1ccc(NC(=O)c2cc(C(=O)Nc3ccc(C)c(Cl)c3)ccn2)cc1C. The van der Waals surface area contributed by atoms with E-state index in [1.54, 1.807) is 18.2 Å². The van der Waals surface area contributed by atoms with Gasteiger partial charge in [0.2, 0.25) is 0 Å². The van der Waals surface area contributed by atoms with Crippen LogP contribution in [0.2, 0.25) is 5.02 Å². The van der Waals surface area contributed by atoms with Gasteiger partial charge in [0.15, 0.2) is 0 Å². The first kappa shape index (κ1) is 19.6. The minimum absolute atomic E-state index is 0.160. The average Bonchev–Trinajstić information content (AvgIpc) is 2.67. The van der Waals surface area contributed by atoms with Crippen LogP contribution in [0.3, 0.4) is 0 Å². The summed E-state index contributed by atoms with van der Waals surface area (Å²) in [5.41, 5.74) is 4.90. The standard InChI is InChI=1S/C22H20ClN3O2/c1-13-4-6-17(10-15(13)3)26-22(28)20-11-16(8-9-24-20)21(27)25-18-7-5-14(2)19(23)12-18/h4-12H,1-3H3,(H,25,27)(H,26,28). The van der Waals surface area contributed by atoms with Crippen LogP contribution >= 0.6 is 11.6 Å². The van der Waals surface area contributed by atoms with Crippen molar-refractivity contribution in [1.29, 1.82) is 0 Å². The first-order chi connectivity index (χ1) is 13.3. The highest BCUT2D eigenvalue weighted by molar-refractivity contribution is 6.31. The lowest BCUT2D eigenvalue weighted by Gasteiger charge is -2.09. The number of aromatic nitrogens is 1. The summed E-state index contributed by atoms with van der Waals surface area (Å²) in [6, 6.07) is 14.0. The summed E-state index contributed by atoms with van der Waals surface area (Å²) < 4.78 is 0. The largest absolute Gasteiger partial charge is 0.322 e. The van der Waals surface area contributed by atoms with Gasteiger partial charge in [0, 0.05) is 28.2 Å². The van der Waals surface area contributed by atoms with E-state index in [-0.39, 0.29) is 17.5 Å². The maximum Gasteiger partial charge on any atom is 0.274 e. The zero-order chi connectivity index (χ0) is 20.3. The summed E-state index contributed by atoms with van der Waals surface area (Å²) in [5, 5.41) is 6.15. The predicted molar refractivity (Wildman–Crippen MR) is 112 cm³/mol. The van der Waals surface area contributed by atoms with Gasteiger partial charge in [-0.2, -0.15) is 0 Å². The van der Waals surface area contributed by atoms with E-state index in [1.807, 2.05) is 45.0 Å². The van der Waals surface area contributed by atoms with E-state index in [1.165, 1.54) is 12.3 Å². The molecule has 0 aliphatic heterocycles. The smallest absolute Gasteiger partial charge is 0.274 e. The molecule has 6 heteroatoms. The number of rotatable bonds is 4. The van der Waals surface area contributed by atoms with Crippen LogP contribution in [-0.2, 0) is 0 Å². The van der Waals surface area contributed by atoms with Crippen molar-refractivity contribution in [2.45, 2.75) is 20.8 Å². The number of carbonyl (C=O) groups excluding carboxylic acids is 2. The van der Waals surface area contributed by atoms with Crippen LogP contribution in [0, 0.1) is 20.8 Å². The molecule has 28 heavy (non-hydrogen) atoms. The molecule has 3 rings (SSSR count). The van der Waals surface area contributed by atoms with Crippen molar-refractivity contribution in [3.05, 3.63) is 87.7 Å². The number of carbonyl (C=O) groups is 2. The van der Waals surface area contributed by atoms with Gasteiger partial charge < -0.3 is 10.6 Å². The Hall–Kier alpha value is -3.18. The van der Waals surface area contributed by atoms with Gasteiger partial charge in [0.25, 0.3) is 11.8 Å². The zero-order valence-electron chi connectivity index (χ0n) is 15.8. The highest BCUT2D eigenvalue weighted by atomic mass is 35.5. The number of amides is 2. The molecule has 1 heterocycles. The second kappa shape index (κ2) is 8.23. The van der Waals surface area contributed by atoms with Gasteiger partial charge in [-0.15, -0.1) is 0 Å². The van der Waals surface area contributed by atoms with E-state index >= 15 is 0 Å². The van der Waals surface area contributed by atoms with E-state index in [0.29, 0.717) is 22.0 Å².